The predicted octanol–water partition coefficient (Wildman–Crippen LogP) is 23.4. The maximum Gasteiger partial charge on any atom is 0.306 e. The number of unbranched alkanes of at least 4 members (excludes halogenated alkanes) is 32. The van der Waals surface area contributed by atoms with Crippen LogP contribution in [0.3, 0.4) is 0 Å². The van der Waals surface area contributed by atoms with Gasteiger partial charge >= 0.3 is 17.9 Å². The number of rotatable bonds is 61. The van der Waals surface area contributed by atoms with Crippen LogP contribution in [0.1, 0.15) is 323 Å². The lowest BCUT2D eigenvalue weighted by atomic mass is 10.0. The molecule has 1 unspecified atom stereocenters. The predicted molar refractivity (Wildman–Crippen MR) is 348 cm³/mol. The Morgan fingerprint density at radius 3 is 0.825 bits per heavy atom. The van der Waals surface area contributed by atoms with E-state index >= 15 is 0 Å². The van der Waals surface area contributed by atoms with Crippen molar-refractivity contribution >= 4 is 17.9 Å². The third-order valence-electron chi connectivity index (χ3n) is 14.5. The summed E-state index contributed by atoms with van der Waals surface area (Å²) in [7, 11) is 0. The van der Waals surface area contributed by atoms with Crippen molar-refractivity contribution in [2.24, 2.45) is 0 Å². The first-order valence-electron chi connectivity index (χ1n) is 33.9. The van der Waals surface area contributed by atoms with Crippen LogP contribution in [-0.2, 0) is 28.6 Å². The molecule has 1 atom stereocenters. The van der Waals surface area contributed by atoms with Crippen LogP contribution < -0.4 is 0 Å². The van der Waals surface area contributed by atoms with E-state index < -0.39 is 6.10 Å². The monoisotopic (exact) mass is 1110 g/mol. The van der Waals surface area contributed by atoms with Crippen molar-refractivity contribution in [2.75, 3.05) is 13.2 Å². The van der Waals surface area contributed by atoms with Crippen molar-refractivity contribution in [3.63, 3.8) is 0 Å². The van der Waals surface area contributed by atoms with Gasteiger partial charge in [0.05, 0.1) is 0 Å². The molecule has 0 fully saturated rings. The second-order valence-electron chi connectivity index (χ2n) is 22.3. The average Bonchev–Trinajstić information content (AvgIpc) is 3.46. The highest BCUT2D eigenvalue weighted by atomic mass is 16.6. The molecule has 6 nitrogen and oxygen atoms in total. The van der Waals surface area contributed by atoms with Gasteiger partial charge < -0.3 is 14.2 Å². The van der Waals surface area contributed by atoms with Gasteiger partial charge in [-0.25, -0.2) is 0 Å². The number of esters is 3. The van der Waals surface area contributed by atoms with Crippen LogP contribution in [-0.4, -0.2) is 37.2 Å². The summed E-state index contributed by atoms with van der Waals surface area (Å²) >= 11 is 0. The highest BCUT2D eigenvalue weighted by Crippen LogP contribution is 2.16. The molecular formula is C74H126O6. The summed E-state index contributed by atoms with van der Waals surface area (Å²) in [4.78, 5) is 38.4. The van der Waals surface area contributed by atoms with Crippen LogP contribution in [0.5, 0.6) is 0 Å². The Bertz CT molecular complexity index is 1610. The van der Waals surface area contributed by atoms with Gasteiger partial charge in [0.2, 0.25) is 0 Å². The molecule has 0 aromatic heterocycles. The molecule has 0 N–H and O–H groups in total. The van der Waals surface area contributed by atoms with E-state index in [0.29, 0.717) is 19.3 Å². The SMILES string of the molecule is CC/C=C\C/C=C\C/C=C\C/C=C\C/C=C\C/C=C\C/C=C\CCCC(=O)OCC(COC(=O)CCCCCCC/C=C\CCCCCCCCC)OC(=O)CCCCCCCCCCCCC/C=C\CCCCCCCCCC. The third kappa shape index (κ3) is 64.9. The number of ether oxygens (including phenoxy) is 3. The quantitative estimate of drug-likeness (QED) is 0.0261. The van der Waals surface area contributed by atoms with E-state index in [1.165, 1.54) is 180 Å². The van der Waals surface area contributed by atoms with Crippen LogP contribution in [0, 0.1) is 0 Å². The van der Waals surface area contributed by atoms with Gasteiger partial charge in [0, 0.05) is 19.3 Å². The van der Waals surface area contributed by atoms with Gasteiger partial charge in [0.25, 0.3) is 0 Å². The number of hydrogen-bond donors (Lipinski definition) is 0. The van der Waals surface area contributed by atoms with Crippen molar-refractivity contribution in [3.8, 4) is 0 Å². The smallest absolute Gasteiger partial charge is 0.306 e. The second-order valence-corrected chi connectivity index (χ2v) is 22.3. The van der Waals surface area contributed by atoms with E-state index in [1.807, 2.05) is 0 Å². The lowest BCUT2D eigenvalue weighted by molar-refractivity contribution is -0.167. The first-order chi connectivity index (χ1) is 39.5. The Kier molecular flexibility index (Phi) is 64.3. The summed E-state index contributed by atoms with van der Waals surface area (Å²) in [6, 6.07) is 0. The zero-order chi connectivity index (χ0) is 57.8. The minimum absolute atomic E-state index is 0.100. The normalized spacial score (nSPS) is 12.8. The van der Waals surface area contributed by atoms with Crippen molar-refractivity contribution in [1.29, 1.82) is 0 Å². The largest absolute Gasteiger partial charge is 0.462 e. The Labute approximate surface area is 495 Å². The maximum atomic E-state index is 12.9. The highest BCUT2D eigenvalue weighted by molar-refractivity contribution is 5.71. The number of allylic oxidation sites excluding steroid dienone is 18. The van der Waals surface area contributed by atoms with Gasteiger partial charge in [0.15, 0.2) is 6.10 Å². The van der Waals surface area contributed by atoms with Gasteiger partial charge in [-0.3, -0.25) is 14.4 Å². The fraction of sp³-hybridized carbons (Fsp3) is 0.716. The topological polar surface area (TPSA) is 78.9 Å². The minimum atomic E-state index is -0.809. The van der Waals surface area contributed by atoms with Crippen molar-refractivity contribution in [2.45, 2.75) is 329 Å². The zero-order valence-electron chi connectivity index (χ0n) is 52.6. The Balaban J connectivity index is 4.46. The number of carbonyl (C=O) groups is 3. The molecule has 0 heterocycles. The lowest BCUT2D eigenvalue weighted by Crippen LogP contribution is -2.30. The van der Waals surface area contributed by atoms with E-state index in [9.17, 15) is 14.4 Å². The summed E-state index contributed by atoms with van der Waals surface area (Å²) < 4.78 is 16.9. The molecule has 0 bridgehead atoms. The molecule has 0 radical (unpaired) electrons. The van der Waals surface area contributed by atoms with Gasteiger partial charge in [0.1, 0.15) is 13.2 Å². The number of carbonyl (C=O) groups excluding carboxylic acids is 3. The average molecular weight is 1110 g/mol. The molecule has 0 aromatic carbocycles. The molecule has 6 heteroatoms. The standard InChI is InChI=1S/C74H126O6/c1-4-7-10-13-16-19-22-25-28-31-33-35-37-39-41-43-46-49-52-55-58-61-64-67-73(76)79-70-71(69-78-72(75)66-63-60-57-54-51-48-45-30-27-24-21-18-15-12-9-6-3)80-74(77)68-65-62-59-56-53-50-47-44-42-40-38-36-34-32-29-26-23-20-17-14-11-8-5-2/h7,10,16,19,25,28,30,32-35,39,41,45-46,49,55,58,71H,4-6,8-9,11-15,17-18,20-24,26-27,29,31,36-38,40,42-44,47-48,50-54,56-57,59-70H2,1-3H3/b10-7-,19-16-,28-25-,34-32-,35-33-,41-39-,45-30-,49-46-,58-55-. The fourth-order valence-electron chi connectivity index (χ4n) is 9.42. The molecule has 0 aliphatic heterocycles. The van der Waals surface area contributed by atoms with Gasteiger partial charge in [-0.1, -0.05) is 291 Å². The summed E-state index contributed by atoms with van der Waals surface area (Å²) in [6.45, 7) is 6.50. The van der Waals surface area contributed by atoms with Crippen molar-refractivity contribution in [1.82, 2.24) is 0 Å². The highest BCUT2D eigenvalue weighted by Gasteiger charge is 2.19. The van der Waals surface area contributed by atoms with E-state index in [-0.39, 0.29) is 37.5 Å². The van der Waals surface area contributed by atoms with E-state index in [4.69, 9.17) is 14.2 Å². The van der Waals surface area contributed by atoms with Crippen LogP contribution in [0.25, 0.3) is 0 Å². The van der Waals surface area contributed by atoms with Gasteiger partial charge in [-0.15, -0.1) is 0 Å². The molecule has 0 saturated carbocycles. The molecule has 0 rings (SSSR count). The summed E-state index contributed by atoms with van der Waals surface area (Å²) in [5, 5.41) is 0. The molecular weight excluding hydrogens is 985 g/mol. The molecule has 0 amide bonds. The van der Waals surface area contributed by atoms with Crippen LogP contribution in [0.2, 0.25) is 0 Å². The van der Waals surface area contributed by atoms with Crippen LogP contribution >= 0.6 is 0 Å². The Morgan fingerprint density at radius 2 is 0.500 bits per heavy atom. The Hall–Kier alpha value is -3.93. The minimum Gasteiger partial charge on any atom is -0.462 e. The van der Waals surface area contributed by atoms with E-state index in [1.54, 1.807) is 0 Å². The summed E-state index contributed by atoms with van der Waals surface area (Å²) in [5.41, 5.74) is 0. The van der Waals surface area contributed by atoms with Crippen LogP contribution in [0.15, 0.2) is 109 Å². The van der Waals surface area contributed by atoms with Gasteiger partial charge in [-0.05, 0) is 122 Å². The molecule has 0 aliphatic rings. The maximum absolute atomic E-state index is 12.9. The molecule has 0 aromatic rings. The van der Waals surface area contributed by atoms with Crippen molar-refractivity contribution < 1.29 is 28.6 Å². The first-order valence-corrected chi connectivity index (χ1v) is 33.9. The van der Waals surface area contributed by atoms with E-state index in [0.717, 1.165) is 96.3 Å². The Morgan fingerprint density at radius 1 is 0.263 bits per heavy atom. The first kappa shape index (κ1) is 76.1. The fourth-order valence-corrected chi connectivity index (χ4v) is 9.42. The third-order valence-corrected chi connectivity index (χ3v) is 14.5. The summed E-state index contributed by atoms with van der Waals surface area (Å²) in [5.74, 6) is -0.960. The molecule has 0 aliphatic carbocycles. The summed E-state index contributed by atoms with van der Waals surface area (Å²) in [6.07, 6.45) is 92.5. The van der Waals surface area contributed by atoms with Crippen LogP contribution in [0.4, 0.5) is 0 Å². The molecule has 458 valence electrons. The molecule has 80 heavy (non-hydrogen) atoms. The van der Waals surface area contributed by atoms with E-state index in [2.05, 4.69) is 130 Å². The lowest BCUT2D eigenvalue weighted by Gasteiger charge is -2.18. The number of hydrogen-bond acceptors (Lipinski definition) is 6. The molecule has 0 saturated heterocycles. The van der Waals surface area contributed by atoms with Crippen molar-refractivity contribution in [3.05, 3.63) is 109 Å². The zero-order valence-corrected chi connectivity index (χ0v) is 52.6. The second kappa shape index (κ2) is 67.6. The van der Waals surface area contributed by atoms with Gasteiger partial charge in [-0.2, -0.15) is 0 Å². The molecule has 0 spiro atoms.